The second-order valence-corrected chi connectivity index (χ2v) is 4.34. The molecule has 1 heterocycles. The number of thioether (sulfide) groups is 1. The minimum absolute atomic E-state index is 0.290. The van der Waals surface area contributed by atoms with Crippen LogP contribution < -0.4 is 0 Å². The van der Waals surface area contributed by atoms with Gasteiger partial charge in [0, 0.05) is 6.42 Å². The molecule has 0 aromatic carbocycles. The maximum Gasteiger partial charge on any atom is 0.174 e. The summed E-state index contributed by atoms with van der Waals surface area (Å²) >= 11 is 2.94. The highest BCUT2D eigenvalue weighted by Crippen LogP contribution is 2.18. The predicted molar refractivity (Wildman–Crippen MR) is 50.5 cm³/mol. The van der Waals surface area contributed by atoms with Crippen LogP contribution >= 0.6 is 23.1 Å². The Morgan fingerprint density at radius 2 is 2.58 bits per heavy atom. The van der Waals surface area contributed by atoms with Gasteiger partial charge in [-0.05, 0) is 6.42 Å². The van der Waals surface area contributed by atoms with Crippen LogP contribution in [0.1, 0.15) is 19.8 Å². The monoisotopic (exact) mass is 202 g/mol. The molecule has 0 aliphatic rings. The van der Waals surface area contributed by atoms with Crippen molar-refractivity contribution >= 4 is 28.9 Å². The lowest BCUT2D eigenvalue weighted by molar-refractivity contribution is -0.116. The van der Waals surface area contributed by atoms with Gasteiger partial charge in [-0.2, -0.15) is 0 Å². The topological polar surface area (TPSA) is 42.9 Å². The Morgan fingerprint density at radius 3 is 3.17 bits per heavy atom. The Kier molecular flexibility index (Phi) is 4.24. The molecule has 1 rings (SSSR count). The molecule has 0 aliphatic heterocycles. The molecule has 1 aromatic rings. The Bertz CT molecular complexity index is 236. The zero-order valence-corrected chi connectivity index (χ0v) is 8.45. The Hall–Kier alpha value is -0.420. The van der Waals surface area contributed by atoms with Crippen molar-refractivity contribution in [3.05, 3.63) is 5.51 Å². The van der Waals surface area contributed by atoms with Gasteiger partial charge in [0.05, 0.1) is 5.75 Å². The molecular weight excluding hydrogens is 192 g/mol. The van der Waals surface area contributed by atoms with Gasteiger partial charge in [0.1, 0.15) is 11.3 Å². The Labute approximate surface area is 79.6 Å². The number of aromatic nitrogens is 2. The van der Waals surface area contributed by atoms with E-state index in [1.807, 2.05) is 6.92 Å². The third kappa shape index (κ3) is 3.32. The van der Waals surface area contributed by atoms with Gasteiger partial charge in [-0.3, -0.25) is 4.79 Å². The van der Waals surface area contributed by atoms with E-state index in [-0.39, 0.29) is 5.78 Å². The fraction of sp³-hybridized carbons (Fsp3) is 0.571. The van der Waals surface area contributed by atoms with Crippen LogP contribution in [0.3, 0.4) is 0 Å². The van der Waals surface area contributed by atoms with Crippen molar-refractivity contribution in [2.24, 2.45) is 0 Å². The molecule has 0 aliphatic carbocycles. The molecule has 0 amide bonds. The summed E-state index contributed by atoms with van der Waals surface area (Å²) in [6.45, 7) is 2.01. The van der Waals surface area contributed by atoms with Crippen molar-refractivity contribution < 1.29 is 4.79 Å². The summed E-state index contributed by atoms with van der Waals surface area (Å²) in [7, 11) is 0. The third-order valence-corrected chi connectivity index (χ3v) is 3.15. The van der Waals surface area contributed by atoms with E-state index in [1.54, 1.807) is 5.51 Å². The second-order valence-electron chi connectivity index (χ2n) is 2.28. The van der Waals surface area contributed by atoms with Crippen molar-refractivity contribution in [3.63, 3.8) is 0 Å². The summed E-state index contributed by atoms with van der Waals surface area (Å²) in [4.78, 5) is 11.1. The van der Waals surface area contributed by atoms with Crippen LogP contribution in [0.2, 0.25) is 0 Å². The van der Waals surface area contributed by atoms with Gasteiger partial charge < -0.3 is 0 Å². The first-order valence-electron chi connectivity index (χ1n) is 3.73. The van der Waals surface area contributed by atoms with E-state index < -0.39 is 0 Å². The van der Waals surface area contributed by atoms with Gasteiger partial charge in [-0.15, -0.1) is 10.2 Å². The number of hydrogen-bond donors (Lipinski definition) is 0. The van der Waals surface area contributed by atoms with Gasteiger partial charge in [0.25, 0.3) is 0 Å². The maximum absolute atomic E-state index is 11.1. The van der Waals surface area contributed by atoms with Crippen LogP contribution in [0.15, 0.2) is 9.85 Å². The van der Waals surface area contributed by atoms with Crippen LogP contribution in [0.5, 0.6) is 0 Å². The van der Waals surface area contributed by atoms with E-state index in [9.17, 15) is 4.79 Å². The third-order valence-electron chi connectivity index (χ3n) is 1.23. The average Bonchev–Trinajstić information content (AvgIpc) is 2.53. The lowest BCUT2D eigenvalue weighted by Crippen LogP contribution is -1.99. The van der Waals surface area contributed by atoms with Crippen LogP contribution in [-0.2, 0) is 4.79 Å². The first-order valence-corrected chi connectivity index (χ1v) is 5.60. The molecule has 3 nitrogen and oxygen atoms in total. The highest BCUT2D eigenvalue weighted by molar-refractivity contribution is 8.01. The van der Waals surface area contributed by atoms with Crippen LogP contribution in [-0.4, -0.2) is 21.7 Å². The summed E-state index contributed by atoms with van der Waals surface area (Å²) in [6, 6.07) is 0. The van der Waals surface area contributed by atoms with Gasteiger partial charge in [-0.25, -0.2) is 0 Å². The number of carbonyl (C=O) groups excluding carboxylic acids is 1. The number of rotatable bonds is 5. The summed E-state index contributed by atoms with van der Waals surface area (Å²) in [5.74, 6) is 0.820. The fourth-order valence-electron chi connectivity index (χ4n) is 0.719. The normalized spacial score (nSPS) is 10.1. The Balaban J connectivity index is 2.22. The van der Waals surface area contributed by atoms with E-state index in [0.29, 0.717) is 12.2 Å². The van der Waals surface area contributed by atoms with Gasteiger partial charge >= 0.3 is 0 Å². The van der Waals surface area contributed by atoms with E-state index >= 15 is 0 Å². The van der Waals surface area contributed by atoms with Crippen molar-refractivity contribution in [2.75, 3.05) is 5.75 Å². The van der Waals surface area contributed by atoms with Crippen LogP contribution in [0.4, 0.5) is 0 Å². The molecule has 1 aromatic heterocycles. The van der Waals surface area contributed by atoms with Crippen LogP contribution in [0, 0.1) is 0 Å². The first kappa shape index (κ1) is 9.67. The first-order chi connectivity index (χ1) is 5.83. The number of nitrogens with zero attached hydrogens (tertiary/aromatic N) is 2. The molecule has 0 radical (unpaired) electrons. The van der Waals surface area contributed by atoms with Crippen LogP contribution in [0.25, 0.3) is 0 Å². The van der Waals surface area contributed by atoms with Gasteiger partial charge in [0.2, 0.25) is 0 Å². The fourth-order valence-corrected chi connectivity index (χ4v) is 2.11. The molecule has 0 N–H and O–H groups in total. The molecule has 0 bridgehead atoms. The zero-order chi connectivity index (χ0) is 8.81. The number of ketones is 1. The SMILES string of the molecule is CCCC(=O)CSc1nncs1. The Morgan fingerprint density at radius 1 is 1.75 bits per heavy atom. The molecule has 0 fully saturated rings. The van der Waals surface area contributed by atoms with Crippen molar-refractivity contribution in [1.29, 1.82) is 0 Å². The molecule has 5 heteroatoms. The summed E-state index contributed by atoms with van der Waals surface area (Å²) in [5, 5.41) is 7.51. The highest BCUT2D eigenvalue weighted by atomic mass is 32.2. The summed E-state index contributed by atoms with van der Waals surface area (Å²) < 4.78 is 0.874. The van der Waals surface area contributed by atoms with Crippen molar-refractivity contribution in [1.82, 2.24) is 10.2 Å². The van der Waals surface area contributed by atoms with E-state index in [2.05, 4.69) is 10.2 Å². The zero-order valence-electron chi connectivity index (χ0n) is 6.82. The predicted octanol–water partition coefficient (Wildman–Crippen LogP) is 2.00. The molecule has 12 heavy (non-hydrogen) atoms. The minimum Gasteiger partial charge on any atom is -0.299 e. The quantitative estimate of drug-likeness (QED) is 0.685. The number of Topliss-reactive ketones (excluding diaryl/α,β-unsaturated/α-hetero) is 1. The van der Waals surface area contributed by atoms with Crippen molar-refractivity contribution in [2.45, 2.75) is 24.1 Å². The largest absolute Gasteiger partial charge is 0.299 e. The molecule has 0 saturated heterocycles. The lowest BCUT2D eigenvalue weighted by Gasteiger charge is -1.94. The van der Waals surface area contributed by atoms with E-state index in [0.717, 1.165) is 10.8 Å². The van der Waals surface area contributed by atoms with E-state index in [4.69, 9.17) is 0 Å². The molecular formula is C7H10N2OS2. The van der Waals surface area contributed by atoms with Gasteiger partial charge in [0.15, 0.2) is 4.34 Å². The highest BCUT2D eigenvalue weighted by Gasteiger charge is 2.03. The second kappa shape index (κ2) is 5.27. The maximum atomic E-state index is 11.1. The molecule has 66 valence electrons. The van der Waals surface area contributed by atoms with E-state index in [1.165, 1.54) is 23.1 Å². The lowest BCUT2D eigenvalue weighted by atomic mass is 10.3. The molecule has 0 unspecified atom stereocenters. The summed E-state index contributed by atoms with van der Waals surface area (Å²) in [6.07, 6.45) is 1.60. The smallest absolute Gasteiger partial charge is 0.174 e. The summed E-state index contributed by atoms with van der Waals surface area (Å²) in [5.41, 5.74) is 1.67. The molecule has 0 saturated carbocycles. The molecule has 0 spiro atoms. The van der Waals surface area contributed by atoms with Crippen molar-refractivity contribution in [3.8, 4) is 0 Å². The average molecular weight is 202 g/mol. The minimum atomic E-state index is 0.290. The number of hydrogen-bond acceptors (Lipinski definition) is 5. The van der Waals surface area contributed by atoms with Gasteiger partial charge in [-0.1, -0.05) is 30.0 Å². The molecule has 0 atom stereocenters. The standard InChI is InChI=1S/C7H10N2OS2/c1-2-3-6(10)4-11-7-9-8-5-12-7/h5H,2-4H2,1H3. The number of carbonyl (C=O) groups is 1.